The maximum Gasteiger partial charge on any atom is 0.241 e. The highest BCUT2D eigenvalue weighted by Crippen LogP contribution is 2.37. The summed E-state index contributed by atoms with van der Waals surface area (Å²) in [6.45, 7) is 5.13. The number of amides is 2. The number of carbonyl (C=O) groups excluding carboxylic acids is 2. The third kappa shape index (κ3) is 5.33. The largest absolute Gasteiger partial charge is 0.310 e. The number of pyridine rings is 1. The highest BCUT2D eigenvalue weighted by Gasteiger charge is 2.25. The van der Waals surface area contributed by atoms with Gasteiger partial charge in [-0.1, -0.05) is 25.1 Å². The Morgan fingerprint density at radius 1 is 1.25 bits per heavy atom. The van der Waals surface area contributed by atoms with Gasteiger partial charge in [0, 0.05) is 22.9 Å². The van der Waals surface area contributed by atoms with E-state index in [0.29, 0.717) is 17.6 Å². The summed E-state index contributed by atoms with van der Waals surface area (Å²) < 4.78 is 0. The molecule has 1 aromatic heterocycles. The number of nitrogens with one attached hydrogen (secondary N) is 1. The number of rotatable bonds is 5. The second-order valence-corrected chi connectivity index (χ2v) is 8.65. The molecule has 2 amide bonds. The van der Waals surface area contributed by atoms with E-state index < -0.39 is 0 Å². The van der Waals surface area contributed by atoms with E-state index in [2.05, 4.69) is 23.3 Å². The number of nitrogens with zero attached hydrogens (tertiary/aromatic N) is 3. The number of benzene rings is 1. The Kier molecular flexibility index (Phi) is 6.70. The number of likely N-dealkylation sites (N-methyl/N-ethyl adjacent to an activating group) is 1. The SMILES string of the molecule is Cc1ccc(NC(=O)CN(C)CC(=O)N2CCC(C)Sc3ccccc32)nc1. The Hall–Kier alpha value is -2.38. The van der Waals surface area contributed by atoms with E-state index in [0.717, 1.165) is 22.6 Å². The monoisotopic (exact) mass is 398 g/mol. The summed E-state index contributed by atoms with van der Waals surface area (Å²) >= 11 is 1.81. The van der Waals surface area contributed by atoms with Crippen molar-refractivity contribution in [1.29, 1.82) is 0 Å². The van der Waals surface area contributed by atoms with Gasteiger partial charge < -0.3 is 10.2 Å². The lowest BCUT2D eigenvalue weighted by molar-refractivity contribution is -0.121. The number of thioether (sulfide) groups is 1. The van der Waals surface area contributed by atoms with E-state index in [1.165, 1.54) is 0 Å². The fourth-order valence-electron chi connectivity index (χ4n) is 3.09. The van der Waals surface area contributed by atoms with Crippen LogP contribution < -0.4 is 10.2 Å². The maximum atomic E-state index is 12.9. The van der Waals surface area contributed by atoms with Crippen LogP contribution in [0.15, 0.2) is 47.5 Å². The lowest BCUT2D eigenvalue weighted by Gasteiger charge is -2.25. The van der Waals surface area contributed by atoms with Crippen LogP contribution >= 0.6 is 11.8 Å². The van der Waals surface area contributed by atoms with E-state index in [9.17, 15) is 9.59 Å². The molecule has 0 spiro atoms. The van der Waals surface area contributed by atoms with Gasteiger partial charge in [-0.05, 0) is 44.2 Å². The fourth-order valence-corrected chi connectivity index (χ4v) is 4.20. The standard InChI is InChI=1S/C21H26N4O2S/c1-15-8-9-19(22-12-15)23-20(26)13-24(3)14-21(27)25-11-10-16(2)28-18-7-5-4-6-17(18)25/h4-9,12,16H,10-11,13-14H2,1-3H3,(H,22,23,26). The summed E-state index contributed by atoms with van der Waals surface area (Å²) in [6.07, 6.45) is 2.65. The highest BCUT2D eigenvalue weighted by molar-refractivity contribution is 8.00. The first-order valence-electron chi connectivity index (χ1n) is 9.39. The van der Waals surface area contributed by atoms with Crippen molar-refractivity contribution in [3.05, 3.63) is 48.2 Å². The van der Waals surface area contributed by atoms with Gasteiger partial charge in [0.05, 0.1) is 18.8 Å². The number of carbonyl (C=O) groups is 2. The fraction of sp³-hybridized carbons (Fsp3) is 0.381. The van der Waals surface area contributed by atoms with Gasteiger partial charge in [-0.2, -0.15) is 0 Å². The van der Waals surface area contributed by atoms with Crippen molar-refractivity contribution in [2.45, 2.75) is 30.4 Å². The molecule has 0 radical (unpaired) electrons. The first-order chi connectivity index (χ1) is 13.4. The van der Waals surface area contributed by atoms with E-state index in [-0.39, 0.29) is 24.9 Å². The minimum atomic E-state index is -0.188. The smallest absolute Gasteiger partial charge is 0.241 e. The molecule has 1 N–H and O–H groups in total. The molecule has 2 heterocycles. The Morgan fingerprint density at radius 2 is 2.04 bits per heavy atom. The van der Waals surface area contributed by atoms with Gasteiger partial charge in [0.25, 0.3) is 0 Å². The van der Waals surface area contributed by atoms with Crippen LogP contribution in [0.25, 0.3) is 0 Å². The molecule has 0 saturated heterocycles. The molecule has 0 fully saturated rings. The second-order valence-electron chi connectivity index (χ2n) is 7.17. The molecule has 2 aromatic rings. The van der Waals surface area contributed by atoms with E-state index in [4.69, 9.17) is 0 Å². The van der Waals surface area contributed by atoms with Gasteiger partial charge in [-0.25, -0.2) is 4.98 Å². The summed E-state index contributed by atoms with van der Waals surface area (Å²) in [4.78, 5) is 34.1. The van der Waals surface area contributed by atoms with E-state index in [1.807, 2.05) is 47.9 Å². The minimum absolute atomic E-state index is 0.00547. The molecule has 0 aliphatic carbocycles. The predicted molar refractivity (Wildman–Crippen MR) is 114 cm³/mol. The number of anilines is 2. The Morgan fingerprint density at radius 3 is 2.79 bits per heavy atom. The maximum absolute atomic E-state index is 12.9. The van der Waals surface area contributed by atoms with Crippen LogP contribution in [0.1, 0.15) is 18.9 Å². The average Bonchev–Trinajstić information content (AvgIpc) is 2.81. The molecule has 1 aliphatic rings. The van der Waals surface area contributed by atoms with Gasteiger partial charge in [0.2, 0.25) is 11.8 Å². The number of hydrogen-bond donors (Lipinski definition) is 1. The van der Waals surface area contributed by atoms with Crippen LogP contribution in [0.4, 0.5) is 11.5 Å². The van der Waals surface area contributed by atoms with Crippen molar-refractivity contribution in [1.82, 2.24) is 9.88 Å². The van der Waals surface area contributed by atoms with Gasteiger partial charge in [0.15, 0.2) is 0 Å². The van der Waals surface area contributed by atoms with Crippen LogP contribution in [0.2, 0.25) is 0 Å². The molecule has 1 atom stereocenters. The first-order valence-corrected chi connectivity index (χ1v) is 10.3. The molecular formula is C21H26N4O2S. The number of aromatic nitrogens is 1. The van der Waals surface area contributed by atoms with Gasteiger partial charge in [-0.15, -0.1) is 11.8 Å². The molecule has 6 nitrogen and oxygen atoms in total. The van der Waals surface area contributed by atoms with Crippen molar-refractivity contribution in [2.24, 2.45) is 0 Å². The number of hydrogen-bond acceptors (Lipinski definition) is 5. The van der Waals surface area contributed by atoms with Gasteiger partial charge in [0.1, 0.15) is 5.82 Å². The topological polar surface area (TPSA) is 65.5 Å². The Labute approximate surface area is 170 Å². The minimum Gasteiger partial charge on any atom is -0.310 e. The zero-order valence-electron chi connectivity index (χ0n) is 16.5. The molecular weight excluding hydrogens is 372 g/mol. The molecule has 3 rings (SSSR count). The molecule has 1 aromatic carbocycles. The Bertz CT molecular complexity index is 841. The normalized spacial score (nSPS) is 16.4. The summed E-state index contributed by atoms with van der Waals surface area (Å²) in [5.41, 5.74) is 1.99. The van der Waals surface area contributed by atoms with Crippen molar-refractivity contribution in [2.75, 3.05) is 36.9 Å². The summed E-state index contributed by atoms with van der Waals surface area (Å²) in [7, 11) is 1.78. The zero-order chi connectivity index (χ0) is 20.1. The van der Waals surface area contributed by atoms with Crippen LogP contribution in [0.3, 0.4) is 0 Å². The van der Waals surface area contributed by atoms with Crippen LogP contribution in [0.5, 0.6) is 0 Å². The molecule has 28 heavy (non-hydrogen) atoms. The van der Waals surface area contributed by atoms with Crippen molar-refractivity contribution >= 4 is 35.1 Å². The van der Waals surface area contributed by atoms with E-state index >= 15 is 0 Å². The lowest BCUT2D eigenvalue weighted by Crippen LogP contribution is -2.42. The van der Waals surface area contributed by atoms with Crippen molar-refractivity contribution in [3.63, 3.8) is 0 Å². The highest BCUT2D eigenvalue weighted by atomic mass is 32.2. The summed E-state index contributed by atoms with van der Waals surface area (Å²) in [6, 6.07) is 11.7. The van der Waals surface area contributed by atoms with Gasteiger partial charge >= 0.3 is 0 Å². The average molecular weight is 399 g/mol. The van der Waals surface area contributed by atoms with Crippen LogP contribution in [0, 0.1) is 6.92 Å². The Balaban J connectivity index is 1.59. The number of fused-ring (bicyclic) bond motifs is 1. The first kappa shape index (κ1) is 20.4. The summed E-state index contributed by atoms with van der Waals surface area (Å²) in [5.74, 6) is 0.334. The molecule has 148 valence electrons. The second kappa shape index (κ2) is 9.21. The summed E-state index contributed by atoms with van der Waals surface area (Å²) in [5, 5.41) is 3.23. The quantitative estimate of drug-likeness (QED) is 0.838. The third-order valence-electron chi connectivity index (χ3n) is 4.54. The van der Waals surface area contributed by atoms with Gasteiger partial charge in [-0.3, -0.25) is 14.5 Å². The van der Waals surface area contributed by atoms with E-state index in [1.54, 1.807) is 24.2 Å². The molecule has 7 heteroatoms. The predicted octanol–water partition coefficient (Wildman–Crippen LogP) is 3.18. The molecule has 0 saturated carbocycles. The van der Waals surface area contributed by atoms with Crippen molar-refractivity contribution in [3.8, 4) is 0 Å². The molecule has 0 bridgehead atoms. The lowest BCUT2D eigenvalue weighted by atomic mass is 10.2. The third-order valence-corrected chi connectivity index (χ3v) is 5.78. The van der Waals surface area contributed by atoms with Crippen molar-refractivity contribution < 1.29 is 9.59 Å². The number of aryl methyl sites for hydroxylation is 1. The molecule has 1 unspecified atom stereocenters. The number of para-hydroxylation sites is 1. The molecule has 1 aliphatic heterocycles. The van der Waals surface area contributed by atoms with Crippen LogP contribution in [-0.4, -0.2) is 53.6 Å². The zero-order valence-corrected chi connectivity index (χ0v) is 17.3. The van der Waals surface area contributed by atoms with Crippen LogP contribution in [-0.2, 0) is 9.59 Å².